The minimum Gasteiger partial charge on any atom is -0.460 e. The fraction of sp³-hybridized carbons (Fsp3) is 0.667. The minimum atomic E-state index is -0.553. The maximum Gasteiger partial charge on any atom is 0.302 e. The van der Waals surface area contributed by atoms with Gasteiger partial charge in [-0.15, -0.1) is 0 Å². The van der Waals surface area contributed by atoms with E-state index in [1.54, 1.807) is 0 Å². The monoisotopic (exact) mass is 344 g/mol. The molecule has 1 aromatic rings. The molecule has 4 nitrogen and oxygen atoms in total. The highest BCUT2D eigenvalue weighted by molar-refractivity contribution is 5.66. The van der Waals surface area contributed by atoms with Gasteiger partial charge in [0.15, 0.2) is 0 Å². The Bertz CT molecular complexity index is 601. The first-order valence-corrected chi connectivity index (χ1v) is 9.67. The highest BCUT2D eigenvalue weighted by Crippen LogP contribution is 2.50. The molecule has 0 amide bonds. The maximum absolute atomic E-state index is 11.2. The molecule has 3 fully saturated rings. The number of epoxide rings is 1. The summed E-state index contributed by atoms with van der Waals surface area (Å²) in [6.07, 6.45) is 6.07. The molecule has 0 bridgehead atoms. The number of hydrogen-bond donors (Lipinski definition) is 1. The number of aliphatic hydroxyl groups is 1. The Labute approximate surface area is 149 Å². The zero-order valence-electron chi connectivity index (χ0n) is 14.8. The average molecular weight is 344 g/mol. The average Bonchev–Trinajstić information content (AvgIpc) is 3.37. The Morgan fingerprint density at radius 3 is 2.48 bits per heavy atom. The summed E-state index contributed by atoms with van der Waals surface area (Å²) in [5, 5.41) is 10.5. The first kappa shape index (κ1) is 17.0. The quantitative estimate of drug-likeness (QED) is 0.671. The zero-order valence-corrected chi connectivity index (χ0v) is 14.8. The molecule has 2 saturated carbocycles. The summed E-state index contributed by atoms with van der Waals surface area (Å²) in [5.41, 5.74) is 1.38. The van der Waals surface area contributed by atoms with Crippen LogP contribution in [0.5, 0.6) is 0 Å². The van der Waals surface area contributed by atoms with Crippen LogP contribution in [0.3, 0.4) is 0 Å². The van der Waals surface area contributed by atoms with E-state index < -0.39 is 6.10 Å². The Morgan fingerprint density at radius 1 is 1.08 bits per heavy atom. The molecule has 1 aliphatic heterocycles. The molecule has 0 spiro atoms. The van der Waals surface area contributed by atoms with Crippen molar-refractivity contribution < 1.29 is 19.4 Å². The van der Waals surface area contributed by atoms with Crippen LogP contribution < -0.4 is 0 Å². The van der Waals surface area contributed by atoms with E-state index in [0.29, 0.717) is 36.4 Å². The van der Waals surface area contributed by atoms with Crippen LogP contribution >= 0.6 is 0 Å². The number of benzene rings is 1. The first-order valence-electron chi connectivity index (χ1n) is 9.67. The van der Waals surface area contributed by atoms with Crippen molar-refractivity contribution in [1.29, 1.82) is 0 Å². The van der Waals surface area contributed by atoms with Crippen molar-refractivity contribution in [3.63, 3.8) is 0 Å². The van der Waals surface area contributed by atoms with Gasteiger partial charge in [-0.25, -0.2) is 0 Å². The molecule has 7 unspecified atom stereocenters. The summed E-state index contributed by atoms with van der Waals surface area (Å²) in [6.45, 7) is 1.42. The van der Waals surface area contributed by atoms with E-state index >= 15 is 0 Å². The fourth-order valence-electron chi connectivity index (χ4n) is 5.19. The third kappa shape index (κ3) is 3.75. The number of rotatable bonds is 4. The van der Waals surface area contributed by atoms with Crippen LogP contribution in [0.25, 0.3) is 0 Å². The summed E-state index contributed by atoms with van der Waals surface area (Å²) < 4.78 is 11.1. The highest BCUT2D eigenvalue weighted by atomic mass is 16.6. The molecule has 0 radical (unpaired) electrons. The zero-order chi connectivity index (χ0) is 17.4. The summed E-state index contributed by atoms with van der Waals surface area (Å²) in [5.74, 6) is 1.21. The second-order valence-corrected chi connectivity index (χ2v) is 8.01. The third-order valence-electron chi connectivity index (χ3n) is 6.36. The smallest absolute Gasteiger partial charge is 0.302 e. The van der Waals surface area contributed by atoms with Gasteiger partial charge in [0.25, 0.3) is 0 Å². The second kappa shape index (κ2) is 7.08. The normalized spacial score (nSPS) is 38.5. The van der Waals surface area contributed by atoms with Crippen LogP contribution in [0.4, 0.5) is 0 Å². The summed E-state index contributed by atoms with van der Waals surface area (Å²) >= 11 is 0. The van der Waals surface area contributed by atoms with E-state index in [2.05, 4.69) is 30.3 Å². The van der Waals surface area contributed by atoms with Gasteiger partial charge >= 0.3 is 5.97 Å². The van der Waals surface area contributed by atoms with Crippen molar-refractivity contribution in [3.8, 4) is 0 Å². The molecule has 1 aromatic carbocycles. The first-order chi connectivity index (χ1) is 12.1. The lowest BCUT2D eigenvalue weighted by molar-refractivity contribution is -0.156. The van der Waals surface area contributed by atoms with Crippen LogP contribution in [0.2, 0.25) is 0 Å². The van der Waals surface area contributed by atoms with Crippen molar-refractivity contribution in [2.24, 2.45) is 11.8 Å². The Kier molecular flexibility index (Phi) is 4.83. The Morgan fingerprint density at radius 2 is 1.80 bits per heavy atom. The van der Waals surface area contributed by atoms with Gasteiger partial charge in [0.2, 0.25) is 0 Å². The van der Waals surface area contributed by atoms with Gasteiger partial charge < -0.3 is 14.6 Å². The lowest BCUT2D eigenvalue weighted by Crippen LogP contribution is -2.40. The predicted molar refractivity (Wildman–Crippen MR) is 94.1 cm³/mol. The number of esters is 1. The van der Waals surface area contributed by atoms with Gasteiger partial charge in [-0.05, 0) is 61.8 Å². The molecule has 1 saturated heterocycles. The molecule has 3 aliphatic rings. The van der Waals surface area contributed by atoms with E-state index in [1.807, 2.05) is 0 Å². The highest BCUT2D eigenvalue weighted by Gasteiger charge is 2.48. The van der Waals surface area contributed by atoms with Crippen molar-refractivity contribution in [1.82, 2.24) is 0 Å². The fourth-order valence-corrected chi connectivity index (χ4v) is 5.19. The van der Waals surface area contributed by atoms with Crippen LogP contribution in [-0.2, 0) is 14.3 Å². The number of aliphatic hydroxyl groups excluding tert-OH is 1. The SMILES string of the molecule is CC(=O)OC1CCC(C(c2ccccc2)C2CCC3OC3C2)CC1O. The van der Waals surface area contributed by atoms with Gasteiger partial charge in [-0.3, -0.25) is 4.79 Å². The molecular weight excluding hydrogens is 316 g/mol. The number of hydrogen-bond acceptors (Lipinski definition) is 4. The summed E-state index contributed by atoms with van der Waals surface area (Å²) in [6, 6.07) is 10.8. The Balaban J connectivity index is 1.51. The molecule has 7 atom stereocenters. The van der Waals surface area contributed by atoms with Gasteiger partial charge in [0.1, 0.15) is 6.10 Å². The molecule has 25 heavy (non-hydrogen) atoms. The lowest BCUT2D eigenvalue weighted by atomic mass is 9.66. The molecule has 1 N–H and O–H groups in total. The van der Waals surface area contributed by atoms with Crippen LogP contribution in [0, 0.1) is 11.8 Å². The topological polar surface area (TPSA) is 59.1 Å². The van der Waals surface area contributed by atoms with Gasteiger partial charge in [0, 0.05) is 6.92 Å². The number of ether oxygens (including phenoxy) is 2. The van der Waals surface area contributed by atoms with Crippen LogP contribution in [0.1, 0.15) is 56.9 Å². The predicted octanol–water partition coefficient (Wildman–Crippen LogP) is 3.43. The number of carbonyl (C=O) groups is 1. The number of carbonyl (C=O) groups excluding carboxylic acids is 1. The van der Waals surface area contributed by atoms with E-state index in [4.69, 9.17) is 9.47 Å². The number of fused-ring (bicyclic) bond motifs is 1. The van der Waals surface area contributed by atoms with E-state index in [1.165, 1.54) is 25.3 Å². The van der Waals surface area contributed by atoms with Gasteiger partial charge in [-0.2, -0.15) is 0 Å². The minimum absolute atomic E-state index is 0.300. The van der Waals surface area contributed by atoms with E-state index in [-0.39, 0.29) is 12.1 Å². The molecule has 1 heterocycles. The van der Waals surface area contributed by atoms with Crippen LogP contribution in [0.15, 0.2) is 30.3 Å². The van der Waals surface area contributed by atoms with E-state index in [0.717, 1.165) is 19.3 Å². The molecule has 2 aliphatic carbocycles. The molecule has 4 rings (SSSR count). The molecular formula is C21H28O4. The molecule has 0 aromatic heterocycles. The molecule has 4 heteroatoms. The second-order valence-electron chi connectivity index (χ2n) is 8.01. The summed E-state index contributed by atoms with van der Waals surface area (Å²) in [4.78, 5) is 11.2. The standard InChI is InChI=1S/C21H28O4/c1-13(22)24-18-9-7-15(11-17(18)23)21(14-5-3-2-4-6-14)16-8-10-19-20(12-16)25-19/h2-6,15-21,23H,7-12H2,1H3. The van der Waals surface area contributed by atoms with Gasteiger partial charge in [-0.1, -0.05) is 30.3 Å². The van der Waals surface area contributed by atoms with Crippen molar-refractivity contribution in [3.05, 3.63) is 35.9 Å². The molecule has 136 valence electrons. The maximum atomic E-state index is 11.2. The van der Waals surface area contributed by atoms with Gasteiger partial charge in [0.05, 0.1) is 18.3 Å². The Hall–Kier alpha value is -1.39. The van der Waals surface area contributed by atoms with Crippen molar-refractivity contribution >= 4 is 5.97 Å². The summed E-state index contributed by atoms with van der Waals surface area (Å²) in [7, 11) is 0. The van der Waals surface area contributed by atoms with E-state index in [9.17, 15) is 9.90 Å². The lowest BCUT2D eigenvalue weighted by Gasteiger charge is -2.40. The third-order valence-corrected chi connectivity index (χ3v) is 6.36. The van der Waals surface area contributed by atoms with Crippen LogP contribution in [-0.4, -0.2) is 35.5 Å². The largest absolute Gasteiger partial charge is 0.460 e. The van der Waals surface area contributed by atoms with Crippen molar-refractivity contribution in [2.45, 2.75) is 75.8 Å². The van der Waals surface area contributed by atoms with Crippen molar-refractivity contribution in [2.75, 3.05) is 0 Å².